The number of halogens is 1. The molecule has 0 saturated heterocycles. The van der Waals surface area contributed by atoms with Gasteiger partial charge in [-0.25, -0.2) is 4.39 Å². The summed E-state index contributed by atoms with van der Waals surface area (Å²) in [5.41, 5.74) is 0.557. The molecule has 1 rings (SSSR count). The normalized spacial score (nSPS) is 10.1. The van der Waals surface area contributed by atoms with Crippen LogP contribution in [-0.4, -0.2) is 11.1 Å². The zero-order valence-corrected chi connectivity index (χ0v) is 7.77. The van der Waals surface area contributed by atoms with E-state index >= 15 is 0 Å². The van der Waals surface area contributed by atoms with Crippen LogP contribution in [0.25, 0.3) is 6.08 Å². The number of carboxylic acid groups (broad SMARTS) is 1. The van der Waals surface area contributed by atoms with Gasteiger partial charge in [-0.2, -0.15) is 5.26 Å². The van der Waals surface area contributed by atoms with Gasteiger partial charge in [-0.3, -0.25) is 4.79 Å². The SMILES string of the molecule is N#Cc1cc(C=CCC(=O)O)ccc1F. The molecule has 0 fully saturated rings. The van der Waals surface area contributed by atoms with Crippen LogP contribution in [0, 0.1) is 17.1 Å². The Morgan fingerprint density at radius 1 is 1.60 bits per heavy atom. The second-order valence-electron chi connectivity index (χ2n) is 2.85. The number of hydrogen-bond acceptors (Lipinski definition) is 2. The fourth-order valence-corrected chi connectivity index (χ4v) is 1.03. The van der Waals surface area contributed by atoms with E-state index in [1.165, 1.54) is 30.4 Å². The lowest BCUT2D eigenvalue weighted by Crippen LogP contribution is -1.90. The van der Waals surface area contributed by atoms with E-state index < -0.39 is 11.8 Å². The minimum absolute atomic E-state index is 0.0486. The van der Waals surface area contributed by atoms with Crippen molar-refractivity contribution < 1.29 is 14.3 Å². The highest BCUT2D eigenvalue weighted by Gasteiger charge is 2.00. The van der Waals surface area contributed by atoms with Gasteiger partial charge in [0.25, 0.3) is 0 Å². The summed E-state index contributed by atoms with van der Waals surface area (Å²) in [5, 5.41) is 16.9. The van der Waals surface area contributed by atoms with Gasteiger partial charge in [0.2, 0.25) is 0 Å². The van der Waals surface area contributed by atoms with Crippen LogP contribution in [-0.2, 0) is 4.79 Å². The fraction of sp³-hybridized carbons (Fsp3) is 0.0909. The Morgan fingerprint density at radius 2 is 2.33 bits per heavy atom. The molecule has 0 amide bonds. The summed E-state index contributed by atoms with van der Waals surface area (Å²) in [6.45, 7) is 0. The van der Waals surface area contributed by atoms with Gasteiger partial charge in [0, 0.05) is 0 Å². The molecule has 0 bridgehead atoms. The van der Waals surface area contributed by atoms with Crippen molar-refractivity contribution >= 4 is 12.0 Å². The molecule has 0 saturated carbocycles. The Labute approximate surface area is 86.1 Å². The van der Waals surface area contributed by atoms with E-state index in [-0.39, 0.29) is 12.0 Å². The van der Waals surface area contributed by atoms with E-state index in [0.717, 1.165) is 0 Å². The van der Waals surface area contributed by atoms with Crippen molar-refractivity contribution in [2.24, 2.45) is 0 Å². The van der Waals surface area contributed by atoms with E-state index in [9.17, 15) is 9.18 Å². The third-order valence-electron chi connectivity index (χ3n) is 1.71. The van der Waals surface area contributed by atoms with Crippen LogP contribution in [0.2, 0.25) is 0 Å². The molecule has 1 aromatic carbocycles. The summed E-state index contributed by atoms with van der Waals surface area (Å²) in [5.74, 6) is -1.51. The van der Waals surface area contributed by atoms with E-state index in [4.69, 9.17) is 10.4 Å². The third kappa shape index (κ3) is 3.24. The standard InChI is InChI=1S/C11H8FNO2/c12-10-5-4-8(6-9(10)7-13)2-1-3-11(14)15/h1-2,4-6H,3H2,(H,14,15). The van der Waals surface area contributed by atoms with Crippen LogP contribution in [0.1, 0.15) is 17.5 Å². The molecule has 0 unspecified atom stereocenters. The minimum atomic E-state index is -0.936. The van der Waals surface area contributed by atoms with Crippen molar-refractivity contribution in [2.75, 3.05) is 0 Å². The first-order valence-electron chi connectivity index (χ1n) is 4.21. The number of carboxylic acids is 1. The maximum absolute atomic E-state index is 12.9. The predicted octanol–water partition coefficient (Wildman–Crippen LogP) is 2.19. The second kappa shape index (κ2) is 4.91. The molecular weight excluding hydrogens is 197 g/mol. The van der Waals surface area contributed by atoms with Crippen molar-refractivity contribution in [3.8, 4) is 6.07 Å². The quantitative estimate of drug-likeness (QED) is 0.822. The van der Waals surface area contributed by atoms with Gasteiger partial charge >= 0.3 is 5.97 Å². The lowest BCUT2D eigenvalue weighted by molar-refractivity contribution is -0.135. The van der Waals surface area contributed by atoms with Crippen molar-refractivity contribution in [2.45, 2.75) is 6.42 Å². The van der Waals surface area contributed by atoms with Gasteiger partial charge in [-0.05, 0) is 17.7 Å². The summed E-state index contributed by atoms with van der Waals surface area (Å²) < 4.78 is 12.9. The molecule has 1 aromatic rings. The minimum Gasteiger partial charge on any atom is -0.481 e. The van der Waals surface area contributed by atoms with Crippen molar-refractivity contribution in [3.05, 3.63) is 41.2 Å². The van der Waals surface area contributed by atoms with Gasteiger partial charge in [0.15, 0.2) is 0 Å². The van der Waals surface area contributed by atoms with E-state index in [1.807, 2.05) is 0 Å². The average molecular weight is 205 g/mol. The zero-order chi connectivity index (χ0) is 11.3. The zero-order valence-electron chi connectivity index (χ0n) is 7.77. The van der Waals surface area contributed by atoms with Gasteiger partial charge in [0.05, 0.1) is 12.0 Å². The lowest BCUT2D eigenvalue weighted by atomic mass is 10.1. The highest BCUT2D eigenvalue weighted by atomic mass is 19.1. The molecule has 0 atom stereocenters. The molecule has 0 aliphatic carbocycles. The van der Waals surface area contributed by atoms with Crippen LogP contribution in [0.3, 0.4) is 0 Å². The Morgan fingerprint density at radius 3 is 2.93 bits per heavy atom. The van der Waals surface area contributed by atoms with Crippen LogP contribution < -0.4 is 0 Å². The van der Waals surface area contributed by atoms with E-state index in [1.54, 1.807) is 6.07 Å². The first-order valence-corrected chi connectivity index (χ1v) is 4.21. The van der Waals surface area contributed by atoms with Gasteiger partial charge in [-0.15, -0.1) is 0 Å². The van der Waals surface area contributed by atoms with Crippen molar-refractivity contribution in [1.82, 2.24) is 0 Å². The smallest absolute Gasteiger partial charge is 0.307 e. The Balaban J connectivity index is 2.84. The molecule has 4 heteroatoms. The highest BCUT2D eigenvalue weighted by Crippen LogP contribution is 2.11. The summed E-state index contributed by atoms with van der Waals surface area (Å²) in [6.07, 6.45) is 2.88. The molecule has 76 valence electrons. The molecule has 0 aliphatic rings. The number of benzene rings is 1. The van der Waals surface area contributed by atoms with Crippen LogP contribution in [0.5, 0.6) is 0 Å². The monoisotopic (exact) mass is 205 g/mol. The molecule has 0 radical (unpaired) electrons. The number of rotatable bonds is 3. The number of hydrogen-bond donors (Lipinski definition) is 1. The van der Waals surface area contributed by atoms with E-state index in [0.29, 0.717) is 5.56 Å². The third-order valence-corrected chi connectivity index (χ3v) is 1.71. The second-order valence-corrected chi connectivity index (χ2v) is 2.85. The summed E-state index contributed by atoms with van der Waals surface area (Å²) >= 11 is 0. The first kappa shape index (κ1) is 10.9. The lowest BCUT2D eigenvalue weighted by Gasteiger charge is -1.95. The fourth-order valence-electron chi connectivity index (χ4n) is 1.03. The number of carbonyl (C=O) groups is 1. The molecule has 0 spiro atoms. The average Bonchev–Trinajstić information content (AvgIpc) is 2.20. The van der Waals surface area contributed by atoms with Gasteiger partial charge < -0.3 is 5.11 Å². The maximum Gasteiger partial charge on any atom is 0.307 e. The Bertz CT molecular complexity index is 446. The maximum atomic E-state index is 12.9. The topological polar surface area (TPSA) is 61.1 Å². The summed E-state index contributed by atoms with van der Waals surface area (Å²) in [6, 6.07) is 5.74. The molecule has 0 heterocycles. The van der Waals surface area contributed by atoms with Crippen LogP contribution in [0.4, 0.5) is 4.39 Å². The Kier molecular flexibility index (Phi) is 3.58. The molecular formula is C11H8FNO2. The van der Waals surface area contributed by atoms with Crippen LogP contribution >= 0.6 is 0 Å². The molecule has 0 aromatic heterocycles. The molecule has 0 aliphatic heterocycles. The van der Waals surface area contributed by atoms with Gasteiger partial charge in [0.1, 0.15) is 11.9 Å². The number of nitriles is 1. The summed E-state index contributed by atoms with van der Waals surface area (Å²) in [4.78, 5) is 10.2. The predicted molar refractivity (Wildman–Crippen MR) is 52.4 cm³/mol. The van der Waals surface area contributed by atoms with Crippen molar-refractivity contribution in [1.29, 1.82) is 5.26 Å². The number of nitrogens with zero attached hydrogens (tertiary/aromatic N) is 1. The molecule has 1 N–H and O–H groups in total. The van der Waals surface area contributed by atoms with Crippen LogP contribution in [0.15, 0.2) is 24.3 Å². The van der Waals surface area contributed by atoms with Gasteiger partial charge in [-0.1, -0.05) is 18.2 Å². The van der Waals surface area contributed by atoms with Crippen molar-refractivity contribution in [3.63, 3.8) is 0 Å². The van der Waals surface area contributed by atoms with E-state index in [2.05, 4.69) is 0 Å². The molecule has 15 heavy (non-hydrogen) atoms. The Hall–Kier alpha value is -2.15. The number of aliphatic carboxylic acids is 1. The highest BCUT2D eigenvalue weighted by molar-refractivity contribution is 5.70. The first-order chi connectivity index (χ1) is 7.13. The largest absolute Gasteiger partial charge is 0.481 e. The summed E-state index contributed by atoms with van der Waals surface area (Å²) in [7, 11) is 0. The molecule has 3 nitrogen and oxygen atoms in total.